The zero-order valence-corrected chi connectivity index (χ0v) is 23.1. The third-order valence-electron chi connectivity index (χ3n) is 7.39. The van der Waals surface area contributed by atoms with Gasteiger partial charge in [0.25, 0.3) is 0 Å². The maximum Gasteiger partial charge on any atom is 0.161 e. The van der Waals surface area contributed by atoms with Gasteiger partial charge in [-0.1, -0.05) is 18.2 Å². The first-order valence-corrected chi connectivity index (χ1v) is 13.0. The second-order valence-corrected chi connectivity index (χ2v) is 9.93. The molecule has 3 aromatic rings. The Morgan fingerprint density at radius 2 is 1.51 bits per heavy atom. The number of hydrogen-bond donors (Lipinski definition) is 6. The molecule has 1 saturated heterocycles. The molecule has 11 heteroatoms. The zero-order chi connectivity index (χ0) is 29.7. The van der Waals surface area contributed by atoms with E-state index in [1.54, 1.807) is 30.3 Å². The third kappa shape index (κ3) is 6.29. The molecule has 0 amide bonds. The lowest BCUT2D eigenvalue weighted by Crippen LogP contribution is -2.41. The number of hydrogen-bond acceptors (Lipinski definition) is 11. The smallest absolute Gasteiger partial charge is 0.161 e. The lowest BCUT2D eigenvalue weighted by Gasteiger charge is -2.30. The Bertz CT molecular complexity index is 1330. The van der Waals surface area contributed by atoms with Crippen molar-refractivity contribution in [2.45, 2.75) is 30.3 Å². The molecule has 0 radical (unpaired) electrons. The van der Waals surface area contributed by atoms with Gasteiger partial charge in [-0.25, -0.2) is 0 Å². The molecule has 1 fully saturated rings. The van der Waals surface area contributed by atoms with E-state index in [1.165, 1.54) is 45.6 Å². The number of benzene rings is 3. The van der Waals surface area contributed by atoms with E-state index in [9.17, 15) is 30.6 Å². The summed E-state index contributed by atoms with van der Waals surface area (Å²) in [6.07, 6.45) is -2.86. The lowest BCUT2D eigenvalue weighted by molar-refractivity contribution is -0.0150. The van der Waals surface area contributed by atoms with Gasteiger partial charge in [-0.05, 0) is 53.1 Å². The molecule has 222 valence electrons. The van der Waals surface area contributed by atoms with Crippen LogP contribution in [0.5, 0.6) is 34.5 Å². The molecule has 1 aliphatic rings. The van der Waals surface area contributed by atoms with Crippen molar-refractivity contribution in [3.63, 3.8) is 0 Å². The Kier molecular flexibility index (Phi) is 9.46. The van der Waals surface area contributed by atoms with E-state index >= 15 is 0 Å². The van der Waals surface area contributed by atoms with E-state index in [2.05, 4.69) is 0 Å². The van der Waals surface area contributed by atoms with Gasteiger partial charge in [0.1, 0.15) is 6.10 Å². The van der Waals surface area contributed by atoms with Crippen LogP contribution in [0.15, 0.2) is 54.6 Å². The molecule has 4 rings (SSSR count). The highest BCUT2D eigenvalue weighted by molar-refractivity contribution is 5.46. The fraction of sp³-hybridized carbons (Fsp3) is 0.400. The van der Waals surface area contributed by atoms with Crippen molar-refractivity contribution in [1.29, 1.82) is 0 Å². The predicted molar refractivity (Wildman–Crippen MR) is 147 cm³/mol. The summed E-state index contributed by atoms with van der Waals surface area (Å²) in [4.78, 5) is 0. The van der Waals surface area contributed by atoms with Gasteiger partial charge in [-0.3, -0.25) is 0 Å². The monoisotopic (exact) mass is 572 g/mol. The largest absolute Gasteiger partial charge is 0.504 e. The second-order valence-electron chi connectivity index (χ2n) is 9.93. The summed E-state index contributed by atoms with van der Waals surface area (Å²) >= 11 is 0. The SMILES string of the molecule is COc1cc(C[C@@]2(O)CO[C@H](c3ccc(O[C@H](CO)[C@@H](O)c4ccc(O)c(OC)c4)c(OC)c3)[C@H]2CO)ccc1O. The van der Waals surface area contributed by atoms with E-state index in [4.69, 9.17) is 23.7 Å². The summed E-state index contributed by atoms with van der Waals surface area (Å²) in [7, 11) is 4.26. The number of aliphatic hydroxyl groups excluding tert-OH is 3. The molecule has 11 nitrogen and oxygen atoms in total. The van der Waals surface area contributed by atoms with Crippen molar-refractivity contribution in [2.75, 3.05) is 41.2 Å². The molecule has 0 bridgehead atoms. The first kappa shape index (κ1) is 30.2. The number of ether oxygens (including phenoxy) is 5. The molecule has 6 N–H and O–H groups in total. The van der Waals surface area contributed by atoms with Gasteiger partial charge >= 0.3 is 0 Å². The van der Waals surface area contributed by atoms with Crippen molar-refractivity contribution in [3.05, 3.63) is 71.3 Å². The average molecular weight is 573 g/mol. The van der Waals surface area contributed by atoms with Crippen molar-refractivity contribution in [3.8, 4) is 34.5 Å². The minimum absolute atomic E-state index is 0.0179. The molecule has 0 saturated carbocycles. The molecule has 0 aliphatic carbocycles. The minimum atomic E-state index is -1.40. The number of phenolic OH excluding ortho intramolecular Hbond substituents is 2. The standard InChI is InChI=1S/C30H36O11/c1-37-24-10-17(4-7-21(24)33)13-30(36)16-40-29(20(30)14-31)19-6-9-23(26(12-19)39-3)41-27(15-32)28(35)18-5-8-22(34)25(11-18)38-2/h4-12,20,27-29,31-36H,13-16H2,1-3H3/t20-,27-,28+,29-,30-/m1/s1. The van der Waals surface area contributed by atoms with Gasteiger partial charge < -0.3 is 54.3 Å². The van der Waals surface area contributed by atoms with Gasteiger partial charge in [0.2, 0.25) is 0 Å². The Hall–Kier alpha value is -3.74. The van der Waals surface area contributed by atoms with Gasteiger partial charge in [0, 0.05) is 12.3 Å². The third-order valence-corrected chi connectivity index (χ3v) is 7.39. The molecule has 1 aliphatic heterocycles. The number of methoxy groups -OCH3 is 3. The summed E-state index contributed by atoms with van der Waals surface area (Å²) in [5.41, 5.74) is 0.286. The van der Waals surface area contributed by atoms with Crippen LogP contribution in [-0.2, 0) is 11.2 Å². The van der Waals surface area contributed by atoms with Crippen LogP contribution in [0.3, 0.4) is 0 Å². The first-order valence-electron chi connectivity index (χ1n) is 13.0. The van der Waals surface area contributed by atoms with E-state index < -0.39 is 36.4 Å². The van der Waals surface area contributed by atoms with Crippen LogP contribution in [0.1, 0.15) is 28.9 Å². The lowest BCUT2D eigenvalue weighted by atomic mass is 9.80. The van der Waals surface area contributed by atoms with Gasteiger partial charge in [0.15, 0.2) is 40.6 Å². The minimum Gasteiger partial charge on any atom is -0.504 e. The van der Waals surface area contributed by atoms with Crippen LogP contribution in [0.25, 0.3) is 0 Å². The molecule has 0 spiro atoms. The van der Waals surface area contributed by atoms with Crippen molar-refractivity contribution in [1.82, 2.24) is 0 Å². The van der Waals surface area contributed by atoms with Gasteiger partial charge in [0.05, 0.1) is 52.9 Å². The summed E-state index contributed by atoms with van der Waals surface area (Å²) in [5.74, 6) is 0.177. The average Bonchev–Trinajstić information content (AvgIpc) is 3.32. The maximum atomic E-state index is 11.5. The fourth-order valence-corrected chi connectivity index (χ4v) is 5.12. The van der Waals surface area contributed by atoms with Crippen LogP contribution in [0.2, 0.25) is 0 Å². The van der Waals surface area contributed by atoms with Crippen LogP contribution in [-0.4, -0.2) is 83.5 Å². The van der Waals surface area contributed by atoms with Gasteiger partial charge in [-0.2, -0.15) is 0 Å². The Morgan fingerprint density at radius 3 is 2.15 bits per heavy atom. The molecule has 41 heavy (non-hydrogen) atoms. The fourth-order valence-electron chi connectivity index (χ4n) is 5.12. The molecule has 1 heterocycles. The first-order chi connectivity index (χ1) is 19.7. The van der Waals surface area contributed by atoms with E-state index in [0.717, 1.165) is 0 Å². The highest BCUT2D eigenvalue weighted by Crippen LogP contribution is 2.45. The predicted octanol–water partition coefficient (Wildman–Crippen LogP) is 2.25. The molecule has 3 aromatic carbocycles. The van der Waals surface area contributed by atoms with E-state index in [1.807, 2.05) is 0 Å². The van der Waals surface area contributed by atoms with Crippen LogP contribution in [0.4, 0.5) is 0 Å². The van der Waals surface area contributed by atoms with Crippen molar-refractivity contribution < 1.29 is 54.3 Å². The summed E-state index contributed by atoms with van der Waals surface area (Å²) in [6, 6.07) is 14.1. The van der Waals surface area contributed by atoms with Gasteiger partial charge in [-0.15, -0.1) is 0 Å². The Morgan fingerprint density at radius 1 is 0.854 bits per heavy atom. The number of aliphatic hydroxyl groups is 4. The molecule has 0 aromatic heterocycles. The van der Waals surface area contributed by atoms with Crippen molar-refractivity contribution >= 4 is 0 Å². The molecular formula is C30H36O11. The van der Waals surface area contributed by atoms with Crippen molar-refractivity contribution in [2.24, 2.45) is 5.92 Å². The van der Waals surface area contributed by atoms with E-state index in [0.29, 0.717) is 16.7 Å². The number of aromatic hydroxyl groups is 2. The topological polar surface area (TPSA) is 168 Å². The molecular weight excluding hydrogens is 536 g/mol. The van der Waals surface area contributed by atoms with Crippen LogP contribution < -0.4 is 18.9 Å². The quantitative estimate of drug-likeness (QED) is 0.188. The normalized spacial score (nSPS) is 21.7. The Labute approximate surface area is 237 Å². The van der Waals surface area contributed by atoms with E-state index in [-0.39, 0.29) is 54.1 Å². The zero-order valence-electron chi connectivity index (χ0n) is 23.1. The molecule has 5 atom stereocenters. The summed E-state index contributed by atoms with van der Waals surface area (Å²) in [6.45, 7) is -0.921. The molecule has 0 unspecified atom stereocenters. The highest BCUT2D eigenvalue weighted by atomic mass is 16.5. The second kappa shape index (κ2) is 12.8. The summed E-state index contributed by atoms with van der Waals surface area (Å²) in [5, 5.41) is 62.4. The Balaban J connectivity index is 1.54. The van der Waals surface area contributed by atoms with Crippen LogP contribution in [0, 0.1) is 5.92 Å². The maximum absolute atomic E-state index is 11.5. The van der Waals surface area contributed by atoms with Crippen LogP contribution >= 0.6 is 0 Å². The number of rotatable bonds is 12. The number of phenols is 2. The highest BCUT2D eigenvalue weighted by Gasteiger charge is 2.49. The summed E-state index contributed by atoms with van der Waals surface area (Å²) < 4.78 is 27.7.